The van der Waals surface area contributed by atoms with Crippen LogP contribution in [0, 0.1) is 12.8 Å². The van der Waals surface area contributed by atoms with Gasteiger partial charge in [0.25, 0.3) is 0 Å². The Bertz CT molecular complexity index is 308. The Morgan fingerprint density at radius 2 is 2.38 bits per heavy atom. The van der Waals surface area contributed by atoms with Gasteiger partial charge in [-0.2, -0.15) is 0 Å². The van der Waals surface area contributed by atoms with Crippen LogP contribution in [0.4, 0.5) is 0 Å². The van der Waals surface area contributed by atoms with Crippen molar-refractivity contribution in [2.75, 3.05) is 13.2 Å². The molecule has 1 aliphatic rings. The molecular weight excluding hydrogens is 168 g/mol. The Morgan fingerprint density at radius 1 is 1.54 bits per heavy atom. The maximum atomic E-state index is 11.7. The first-order chi connectivity index (χ1) is 6.27. The van der Waals surface area contributed by atoms with Crippen molar-refractivity contribution >= 4 is 5.78 Å². The lowest BCUT2D eigenvalue weighted by Crippen LogP contribution is -2.13. The third-order valence-electron chi connectivity index (χ3n) is 2.28. The quantitative estimate of drug-likeness (QED) is 0.651. The van der Waals surface area contributed by atoms with E-state index in [-0.39, 0.29) is 11.7 Å². The first-order valence-electron chi connectivity index (χ1n) is 4.46. The third-order valence-corrected chi connectivity index (χ3v) is 2.28. The first-order valence-corrected chi connectivity index (χ1v) is 4.46. The number of hydrogen-bond acceptors (Lipinski definition) is 3. The van der Waals surface area contributed by atoms with Gasteiger partial charge in [-0.25, -0.2) is 0 Å². The van der Waals surface area contributed by atoms with Crippen LogP contribution in [0.25, 0.3) is 0 Å². The van der Waals surface area contributed by atoms with E-state index in [4.69, 9.17) is 9.15 Å². The Kier molecular flexibility index (Phi) is 2.19. The Morgan fingerprint density at radius 3 is 2.92 bits per heavy atom. The van der Waals surface area contributed by atoms with Gasteiger partial charge in [-0.3, -0.25) is 4.79 Å². The number of furan rings is 1. The molecule has 1 fully saturated rings. The highest BCUT2D eigenvalue weighted by Gasteiger charge is 2.26. The fourth-order valence-corrected chi connectivity index (χ4v) is 1.51. The van der Waals surface area contributed by atoms with Crippen LogP contribution in [0.1, 0.15) is 22.7 Å². The molecule has 2 rings (SSSR count). The summed E-state index contributed by atoms with van der Waals surface area (Å²) >= 11 is 0. The number of carbonyl (C=O) groups is 1. The van der Waals surface area contributed by atoms with Crippen molar-refractivity contribution in [3.8, 4) is 0 Å². The summed E-state index contributed by atoms with van der Waals surface area (Å²) in [7, 11) is 0. The van der Waals surface area contributed by atoms with Crippen molar-refractivity contribution in [1.82, 2.24) is 0 Å². The molecule has 1 unspecified atom stereocenters. The molecule has 0 amide bonds. The zero-order chi connectivity index (χ0) is 9.26. The monoisotopic (exact) mass is 180 g/mol. The Balaban J connectivity index is 2.12. The molecule has 1 atom stereocenters. The summed E-state index contributed by atoms with van der Waals surface area (Å²) in [6.45, 7) is 3.07. The summed E-state index contributed by atoms with van der Waals surface area (Å²) < 4.78 is 10.4. The molecule has 0 radical (unpaired) electrons. The first kappa shape index (κ1) is 8.51. The molecule has 70 valence electrons. The van der Waals surface area contributed by atoms with Crippen LogP contribution in [-0.2, 0) is 4.74 Å². The fourth-order valence-electron chi connectivity index (χ4n) is 1.51. The molecular formula is C10H12O3. The van der Waals surface area contributed by atoms with E-state index >= 15 is 0 Å². The number of Topliss-reactive ketones (excluding diaryl/α,β-unsaturated/α-hetero) is 1. The smallest absolute Gasteiger partial charge is 0.203 e. The molecule has 3 heteroatoms. The minimum atomic E-state index is 0.00514. The van der Waals surface area contributed by atoms with Gasteiger partial charge in [-0.15, -0.1) is 0 Å². The number of aryl methyl sites for hydroxylation is 1. The van der Waals surface area contributed by atoms with Crippen molar-refractivity contribution in [3.63, 3.8) is 0 Å². The topological polar surface area (TPSA) is 39.4 Å². The molecule has 1 aromatic heterocycles. The average Bonchev–Trinajstić information content (AvgIpc) is 2.72. The van der Waals surface area contributed by atoms with Crippen molar-refractivity contribution in [2.24, 2.45) is 5.92 Å². The second-order valence-corrected chi connectivity index (χ2v) is 3.34. The van der Waals surface area contributed by atoms with E-state index in [9.17, 15) is 4.79 Å². The fraction of sp³-hybridized carbons (Fsp3) is 0.500. The minimum absolute atomic E-state index is 0.00514. The molecule has 0 N–H and O–H groups in total. The van der Waals surface area contributed by atoms with Gasteiger partial charge in [0.1, 0.15) is 5.76 Å². The highest BCUT2D eigenvalue weighted by atomic mass is 16.5. The second kappa shape index (κ2) is 3.34. The van der Waals surface area contributed by atoms with Crippen molar-refractivity contribution < 1.29 is 13.9 Å². The van der Waals surface area contributed by atoms with E-state index in [1.54, 1.807) is 6.07 Å². The van der Waals surface area contributed by atoms with Crippen LogP contribution in [0.5, 0.6) is 0 Å². The van der Waals surface area contributed by atoms with Crippen LogP contribution in [-0.4, -0.2) is 19.0 Å². The maximum Gasteiger partial charge on any atom is 0.203 e. The summed E-state index contributed by atoms with van der Waals surface area (Å²) in [6, 6.07) is 3.54. The number of carbonyl (C=O) groups excluding carboxylic acids is 1. The van der Waals surface area contributed by atoms with Crippen molar-refractivity contribution in [2.45, 2.75) is 13.3 Å². The molecule has 2 heterocycles. The normalized spacial score (nSPS) is 22.1. The van der Waals surface area contributed by atoms with E-state index in [1.165, 1.54) is 0 Å². The summed E-state index contributed by atoms with van der Waals surface area (Å²) in [6.07, 6.45) is 0.818. The van der Waals surface area contributed by atoms with Crippen LogP contribution in [0.3, 0.4) is 0 Å². The number of rotatable bonds is 2. The number of ketones is 1. The van der Waals surface area contributed by atoms with Gasteiger partial charge in [0, 0.05) is 6.61 Å². The van der Waals surface area contributed by atoms with Crippen LogP contribution in [0.15, 0.2) is 16.5 Å². The van der Waals surface area contributed by atoms with Crippen molar-refractivity contribution in [3.05, 3.63) is 23.7 Å². The second-order valence-electron chi connectivity index (χ2n) is 3.34. The summed E-state index contributed by atoms with van der Waals surface area (Å²) in [4.78, 5) is 11.7. The van der Waals surface area contributed by atoms with Crippen LogP contribution < -0.4 is 0 Å². The van der Waals surface area contributed by atoms with E-state index < -0.39 is 0 Å². The van der Waals surface area contributed by atoms with E-state index in [0.29, 0.717) is 19.0 Å². The maximum absolute atomic E-state index is 11.7. The van der Waals surface area contributed by atoms with E-state index in [1.807, 2.05) is 13.0 Å². The summed E-state index contributed by atoms with van der Waals surface area (Å²) in [5.74, 6) is 1.33. The van der Waals surface area contributed by atoms with E-state index in [2.05, 4.69) is 0 Å². The number of ether oxygens (including phenoxy) is 1. The van der Waals surface area contributed by atoms with Crippen LogP contribution in [0.2, 0.25) is 0 Å². The molecule has 0 bridgehead atoms. The highest BCUT2D eigenvalue weighted by molar-refractivity contribution is 5.95. The van der Waals surface area contributed by atoms with Gasteiger partial charge in [0.2, 0.25) is 5.78 Å². The minimum Gasteiger partial charge on any atom is -0.458 e. The molecule has 13 heavy (non-hydrogen) atoms. The largest absolute Gasteiger partial charge is 0.458 e. The van der Waals surface area contributed by atoms with Gasteiger partial charge in [-0.1, -0.05) is 0 Å². The lowest BCUT2D eigenvalue weighted by atomic mass is 10.0. The molecule has 1 aromatic rings. The zero-order valence-corrected chi connectivity index (χ0v) is 7.58. The van der Waals surface area contributed by atoms with E-state index in [0.717, 1.165) is 12.2 Å². The number of hydrogen-bond donors (Lipinski definition) is 0. The molecule has 3 nitrogen and oxygen atoms in total. The Hall–Kier alpha value is -1.09. The van der Waals surface area contributed by atoms with Gasteiger partial charge >= 0.3 is 0 Å². The summed E-state index contributed by atoms with van der Waals surface area (Å²) in [5.41, 5.74) is 0. The lowest BCUT2D eigenvalue weighted by molar-refractivity contribution is 0.0871. The van der Waals surface area contributed by atoms with Crippen LogP contribution >= 0.6 is 0 Å². The standard InChI is InChI=1S/C10H12O3/c1-7-2-3-9(13-7)10(11)8-4-5-12-6-8/h2-3,8H,4-6H2,1H3. The van der Waals surface area contributed by atoms with Gasteiger partial charge in [-0.05, 0) is 25.5 Å². The zero-order valence-electron chi connectivity index (χ0n) is 7.58. The molecule has 1 aliphatic heterocycles. The molecule has 0 saturated carbocycles. The Labute approximate surface area is 76.7 Å². The molecule has 0 spiro atoms. The third kappa shape index (κ3) is 1.65. The molecule has 1 saturated heterocycles. The van der Waals surface area contributed by atoms with Crippen molar-refractivity contribution in [1.29, 1.82) is 0 Å². The predicted octanol–water partition coefficient (Wildman–Crippen LogP) is 1.81. The lowest BCUT2D eigenvalue weighted by Gasteiger charge is -2.02. The SMILES string of the molecule is Cc1ccc(C(=O)C2CCOC2)o1. The molecule has 0 aromatic carbocycles. The molecule has 0 aliphatic carbocycles. The van der Waals surface area contributed by atoms with Gasteiger partial charge < -0.3 is 9.15 Å². The van der Waals surface area contributed by atoms with Gasteiger partial charge in [0.05, 0.1) is 12.5 Å². The average molecular weight is 180 g/mol. The van der Waals surface area contributed by atoms with Gasteiger partial charge in [0.15, 0.2) is 5.76 Å². The predicted molar refractivity (Wildman–Crippen MR) is 46.7 cm³/mol. The summed E-state index contributed by atoms with van der Waals surface area (Å²) in [5, 5.41) is 0. The highest BCUT2D eigenvalue weighted by Crippen LogP contribution is 2.19.